The van der Waals surface area contributed by atoms with Crippen LogP contribution in [0.25, 0.3) is 0 Å². The van der Waals surface area contributed by atoms with Crippen LogP contribution in [0.4, 0.5) is 5.69 Å². The van der Waals surface area contributed by atoms with Crippen molar-refractivity contribution < 1.29 is 4.79 Å². The number of carbonyl (C=O) groups excluding carboxylic acids is 1. The van der Waals surface area contributed by atoms with Crippen molar-refractivity contribution in [2.24, 2.45) is 0 Å². The molecule has 146 valence electrons. The van der Waals surface area contributed by atoms with Crippen LogP contribution in [0.3, 0.4) is 0 Å². The first-order chi connectivity index (χ1) is 13.6. The van der Waals surface area contributed by atoms with Gasteiger partial charge in [0.2, 0.25) is 0 Å². The maximum atomic E-state index is 12.6. The SMILES string of the molecule is Cc1nn(Cc2ccccc2)c(Cl)c1C(=O)NCCCN(C)c1ccccc1. The highest BCUT2D eigenvalue weighted by Crippen LogP contribution is 2.21. The second-order valence-corrected chi connectivity index (χ2v) is 7.12. The number of amides is 1. The Balaban J connectivity index is 1.54. The van der Waals surface area contributed by atoms with Gasteiger partial charge in [-0.25, -0.2) is 4.68 Å². The minimum absolute atomic E-state index is 0.177. The topological polar surface area (TPSA) is 50.2 Å². The van der Waals surface area contributed by atoms with Gasteiger partial charge >= 0.3 is 0 Å². The van der Waals surface area contributed by atoms with E-state index >= 15 is 0 Å². The third kappa shape index (κ3) is 4.93. The van der Waals surface area contributed by atoms with Crippen molar-refractivity contribution in [2.75, 3.05) is 25.0 Å². The van der Waals surface area contributed by atoms with E-state index in [9.17, 15) is 4.79 Å². The highest BCUT2D eigenvalue weighted by molar-refractivity contribution is 6.33. The first-order valence-electron chi connectivity index (χ1n) is 9.37. The molecule has 1 amide bonds. The van der Waals surface area contributed by atoms with E-state index in [-0.39, 0.29) is 5.91 Å². The van der Waals surface area contributed by atoms with Crippen molar-refractivity contribution >= 4 is 23.2 Å². The monoisotopic (exact) mass is 396 g/mol. The van der Waals surface area contributed by atoms with Crippen LogP contribution in [-0.2, 0) is 6.54 Å². The molecule has 0 aliphatic rings. The molecule has 0 radical (unpaired) electrons. The van der Waals surface area contributed by atoms with Crippen LogP contribution in [0.1, 0.15) is 28.0 Å². The molecule has 2 aromatic carbocycles. The van der Waals surface area contributed by atoms with Crippen molar-refractivity contribution in [3.63, 3.8) is 0 Å². The summed E-state index contributed by atoms with van der Waals surface area (Å²) in [6, 6.07) is 20.1. The first kappa shape index (κ1) is 20.0. The lowest BCUT2D eigenvalue weighted by Gasteiger charge is -2.19. The van der Waals surface area contributed by atoms with Crippen molar-refractivity contribution in [2.45, 2.75) is 19.9 Å². The molecule has 3 rings (SSSR count). The van der Waals surface area contributed by atoms with E-state index in [2.05, 4.69) is 27.4 Å². The average Bonchev–Trinajstić information content (AvgIpc) is 2.99. The summed E-state index contributed by atoms with van der Waals surface area (Å²) < 4.78 is 1.67. The summed E-state index contributed by atoms with van der Waals surface area (Å²) in [5, 5.41) is 7.77. The fourth-order valence-corrected chi connectivity index (χ4v) is 3.41. The Hall–Kier alpha value is -2.79. The molecule has 0 aliphatic carbocycles. The summed E-state index contributed by atoms with van der Waals surface area (Å²) in [5.41, 5.74) is 3.34. The van der Waals surface area contributed by atoms with E-state index in [0.717, 1.165) is 24.2 Å². The van der Waals surface area contributed by atoms with E-state index < -0.39 is 0 Å². The standard InChI is InChI=1S/C22H25ClN4O/c1-17-20(21(23)27(25-17)16-18-10-5-3-6-11-18)22(28)24-14-9-15-26(2)19-12-7-4-8-13-19/h3-8,10-13H,9,14-16H2,1-2H3,(H,24,28). The van der Waals surface area contributed by atoms with E-state index in [1.807, 2.05) is 62.5 Å². The highest BCUT2D eigenvalue weighted by Gasteiger charge is 2.20. The van der Waals surface area contributed by atoms with Crippen molar-refractivity contribution in [3.05, 3.63) is 82.6 Å². The number of rotatable bonds is 8. The molecule has 0 fully saturated rings. The van der Waals surface area contributed by atoms with Crippen LogP contribution in [0.15, 0.2) is 60.7 Å². The lowest BCUT2D eigenvalue weighted by molar-refractivity contribution is 0.0953. The number of hydrogen-bond donors (Lipinski definition) is 1. The van der Waals surface area contributed by atoms with Gasteiger partial charge < -0.3 is 10.2 Å². The number of nitrogens with zero attached hydrogens (tertiary/aromatic N) is 3. The van der Waals surface area contributed by atoms with Gasteiger partial charge in [0.25, 0.3) is 5.91 Å². The molecule has 0 saturated carbocycles. The predicted octanol–water partition coefficient (Wildman–Crippen LogP) is 4.15. The first-order valence-corrected chi connectivity index (χ1v) is 9.75. The zero-order chi connectivity index (χ0) is 19.9. The minimum atomic E-state index is -0.177. The Morgan fingerprint density at radius 3 is 2.43 bits per heavy atom. The molecule has 6 heteroatoms. The molecule has 5 nitrogen and oxygen atoms in total. The number of aryl methyl sites for hydroxylation is 1. The molecule has 1 heterocycles. The molecular weight excluding hydrogens is 372 g/mol. The van der Waals surface area contributed by atoms with Gasteiger partial charge in [0, 0.05) is 25.8 Å². The van der Waals surface area contributed by atoms with Crippen molar-refractivity contribution in [1.82, 2.24) is 15.1 Å². The number of aromatic nitrogens is 2. The second kappa shape index (κ2) is 9.42. The predicted molar refractivity (Wildman–Crippen MR) is 114 cm³/mol. The smallest absolute Gasteiger partial charge is 0.256 e. The Labute approximate surface area is 170 Å². The van der Waals surface area contributed by atoms with E-state index in [1.165, 1.54) is 0 Å². The number of nitrogens with one attached hydrogen (secondary N) is 1. The molecule has 0 saturated heterocycles. The molecule has 0 bridgehead atoms. The fraction of sp³-hybridized carbons (Fsp3) is 0.273. The molecule has 1 N–H and O–H groups in total. The van der Waals surface area contributed by atoms with Gasteiger partial charge in [0.05, 0.1) is 17.8 Å². The summed E-state index contributed by atoms with van der Waals surface area (Å²) in [6.45, 7) is 3.78. The Morgan fingerprint density at radius 1 is 1.11 bits per heavy atom. The van der Waals surface area contributed by atoms with Gasteiger partial charge in [-0.05, 0) is 31.0 Å². The third-order valence-electron chi connectivity index (χ3n) is 4.62. The van der Waals surface area contributed by atoms with Crippen molar-refractivity contribution in [1.29, 1.82) is 0 Å². The second-order valence-electron chi connectivity index (χ2n) is 6.76. The quantitative estimate of drug-likeness (QED) is 0.582. The minimum Gasteiger partial charge on any atom is -0.375 e. The fourth-order valence-electron chi connectivity index (χ4n) is 3.09. The summed E-state index contributed by atoms with van der Waals surface area (Å²) in [5.74, 6) is -0.177. The van der Waals surface area contributed by atoms with Crippen LogP contribution in [0, 0.1) is 6.92 Å². The lowest BCUT2D eigenvalue weighted by atomic mass is 10.2. The largest absolute Gasteiger partial charge is 0.375 e. The zero-order valence-electron chi connectivity index (χ0n) is 16.2. The Bertz CT molecular complexity index is 909. The summed E-state index contributed by atoms with van der Waals surface area (Å²) >= 11 is 6.45. The van der Waals surface area contributed by atoms with Crippen LogP contribution in [0.5, 0.6) is 0 Å². The molecule has 0 spiro atoms. The van der Waals surface area contributed by atoms with E-state index in [4.69, 9.17) is 11.6 Å². The normalized spacial score (nSPS) is 10.7. The molecule has 0 unspecified atom stereocenters. The van der Waals surface area contributed by atoms with Gasteiger partial charge in [0.15, 0.2) is 0 Å². The van der Waals surface area contributed by atoms with Crippen LogP contribution in [-0.4, -0.2) is 35.8 Å². The number of hydrogen-bond acceptors (Lipinski definition) is 3. The van der Waals surface area contributed by atoms with Gasteiger partial charge in [-0.1, -0.05) is 60.1 Å². The number of anilines is 1. The number of benzene rings is 2. The maximum absolute atomic E-state index is 12.6. The Kier molecular flexibility index (Phi) is 6.71. The van der Waals surface area contributed by atoms with Crippen molar-refractivity contribution in [3.8, 4) is 0 Å². The van der Waals surface area contributed by atoms with Crippen LogP contribution in [0.2, 0.25) is 5.15 Å². The molecule has 28 heavy (non-hydrogen) atoms. The van der Waals surface area contributed by atoms with Gasteiger partial charge in [-0.15, -0.1) is 0 Å². The van der Waals surface area contributed by atoms with E-state index in [0.29, 0.717) is 29.5 Å². The number of para-hydroxylation sites is 1. The molecule has 0 atom stereocenters. The molecule has 1 aromatic heterocycles. The summed E-state index contributed by atoms with van der Waals surface area (Å²) in [6.07, 6.45) is 0.839. The zero-order valence-corrected chi connectivity index (χ0v) is 17.0. The van der Waals surface area contributed by atoms with Gasteiger partial charge in [0.1, 0.15) is 5.15 Å². The van der Waals surface area contributed by atoms with Gasteiger partial charge in [-0.3, -0.25) is 4.79 Å². The van der Waals surface area contributed by atoms with E-state index in [1.54, 1.807) is 4.68 Å². The molecule has 3 aromatic rings. The van der Waals surface area contributed by atoms with Crippen LogP contribution < -0.4 is 10.2 Å². The summed E-state index contributed by atoms with van der Waals surface area (Å²) in [7, 11) is 2.05. The van der Waals surface area contributed by atoms with Crippen LogP contribution >= 0.6 is 11.6 Å². The highest BCUT2D eigenvalue weighted by atomic mass is 35.5. The molecular formula is C22H25ClN4O. The average molecular weight is 397 g/mol. The number of halogens is 1. The summed E-state index contributed by atoms with van der Waals surface area (Å²) in [4.78, 5) is 14.8. The maximum Gasteiger partial charge on any atom is 0.256 e. The Morgan fingerprint density at radius 2 is 1.75 bits per heavy atom. The molecule has 0 aliphatic heterocycles. The van der Waals surface area contributed by atoms with Gasteiger partial charge in [-0.2, -0.15) is 5.10 Å². The number of carbonyl (C=O) groups is 1. The third-order valence-corrected chi connectivity index (χ3v) is 5.00. The lowest BCUT2D eigenvalue weighted by Crippen LogP contribution is -2.28.